The van der Waals surface area contributed by atoms with Gasteiger partial charge in [-0.25, -0.2) is 9.37 Å². The number of carbonyl (C=O) groups is 1. The van der Waals surface area contributed by atoms with Crippen molar-refractivity contribution in [1.29, 1.82) is 0 Å². The third-order valence-electron chi connectivity index (χ3n) is 4.64. The van der Waals surface area contributed by atoms with Crippen molar-refractivity contribution >= 4 is 5.91 Å². The predicted octanol–water partition coefficient (Wildman–Crippen LogP) is 3.23. The van der Waals surface area contributed by atoms with E-state index in [-0.39, 0.29) is 11.7 Å². The van der Waals surface area contributed by atoms with Crippen LogP contribution in [0.3, 0.4) is 0 Å². The molecule has 2 atom stereocenters. The number of imidazole rings is 1. The molecule has 0 spiro atoms. The van der Waals surface area contributed by atoms with Gasteiger partial charge < -0.3 is 9.88 Å². The van der Waals surface area contributed by atoms with Crippen LogP contribution in [-0.2, 0) is 11.8 Å². The van der Waals surface area contributed by atoms with Crippen LogP contribution >= 0.6 is 0 Å². The highest BCUT2D eigenvalue weighted by Crippen LogP contribution is 2.23. The molecule has 0 aliphatic carbocycles. The molecule has 0 radical (unpaired) electrons. The van der Waals surface area contributed by atoms with Crippen molar-refractivity contribution in [3.05, 3.63) is 71.3 Å². The number of hydrogen-bond acceptors (Lipinski definition) is 3. The number of rotatable bonds is 6. The molecule has 1 amide bonds. The normalized spacial score (nSPS) is 13.4. The van der Waals surface area contributed by atoms with E-state index in [9.17, 15) is 9.18 Å². The Morgan fingerprint density at radius 2 is 1.96 bits per heavy atom. The lowest BCUT2D eigenvalue weighted by Gasteiger charge is -2.23. The number of nitrogens with one attached hydrogen (secondary N) is 1. The SMILES string of the molecule is CC[C@@H](C(=O)N[C@@H](c1ccc(F)cc1)c1nccn1C)n1nc(C)cc1C. The molecular formula is C20H24FN5O. The summed E-state index contributed by atoms with van der Waals surface area (Å²) in [5.74, 6) is 0.206. The van der Waals surface area contributed by atoms with E-state index in [2.05, 4.69) is 15.4 Å². The first-order chi connectivity index (χ1) is 12.9. The van der Waals surface area contributed by atoms with Crippen LogP contribution in [0.2, 0.25) is 0 Å². The molecule has 0 fully saturated rings. The summed E-state index contributed by atoms with van der Waals surface area (Å²) in [4.78, 5) is 17.5. The van der Waals surface area contributed by atoms with Gasteiger partial charge >= 0.3 is 0 Å². The van der Waals surface area contributed by atoms with E-state index in [0.29, 0.717) is 12.2 Å². The minimum absolute atomic E-state index is 0.152. The van der Waals surface area contributed by atoms with Gasteiger partial charge in [-0.3, -0.25) is 9.48 Å². The quantitative estimate of drug-likeness (QED) is 0.725. The molecule has 0 aliphatic heterocycles. The van der Waals surface area contributed by atoms with Gasteiger partial charge in [-0.15, -0.1) is 0 Å². The number of nitrogens with zero attached hydrogens (tertiary/aromatic N) is 4. The summed E-state index contributed by atoms with van der Waals surface area (Å²) in [7, 11) is 1.86. The zero-order chi connectivity index (χ0) is 19.6. The topological polar surface area (TPSA) is 64.7 Å². The lowest BCUT2D eigenvalue weighted by molar-refractivity contribution is -0.125. The van der Waals surface area contributed by atoms with E-state index in [0.717, 1.165) is 17.0 Å². The Bertz CT molecular complexity index is 928. The van der Waals surface area contributed by atoms with Crippen molar-refractivity contribution in [2.24, 2.45) is 7.05 Å². The maximum Gasteiger partial charge on any atom is 0.245 e. The predicted molar refractivity (Wildman–Crippen MR) is 101 cm³/mol. The summed E-state index contributed by atoms with van der Waals surface area (Å²) in [6.45, 7) is 5.80. The number of aromatic nitrogens is 4. The summed E-state index contributed by atoms with van der Waals surface area (Å²) >= 11 is 0. The van der Waals surface area contributed by atoms with Gasteiger partial charge in [-0.2, -0.15) is 5.10 Å². The number of carbonyl (C=O) groups excluding carboxylic acids is 1. The van der Waals surface area contributed by atoms with Crippen molar-refractivity contribution in [2.45, 2.75) is 39.3 Å². The molecule has 142 valence electrons. The second-order valence-corrected chi connectivity index (χ2v) is 6.69. The van der Waals surface area contributed by atoms with Crippen LogP contribution < -0.4 is 5.32 Å². The van der Waals surface area contributed by atoms with Gasteiger partial charge in [0.05, 0.1) is 5.69 Å². The molecule has 0 saturated carbocycles. The van der Waals surface area contributed by atoms with E-state index in [1.807, 2.05) is 44.6 Å². The van der Waals surface area contributed by atoms with Gasteiger partial charge in [0.15, 0.2) is 0 Å². The van der Waals surface area contributed by atoms with Crippen molar-refractivity contribution in [3.8, 4) is 0 Å². The van der Waals surface area contributed by atoms with Crippen molar-refractivity contribution in [2.75, 3.05) is 0 Å². The Morgan fingerprint density at radius 3 is 2.48 bits per heavy atom. The van der Waals surface area contributed by atoms with Crippen LogP contribution in [0.4, 0.5) is 4.39 Å². The molecule has 2 heterocycles. The van der Waals surface area contributed by atoms with E-state index in [1.54, 1.807) is 23.0 Å². The van der Waals surface area contributed by atoms with Gasteiger partial charge in [0.2, 0.25) is 5.91 Å². The summed E-state index contributed by atoms with van der Waals surface area (Å²) in [6.07, 6.45) is 4.09. The van der Waals surface area contributed by atoms with Gasteiger partial charge in [0.1, 0.15) is 23.7 Å². The lowest BCUT2D eigenvalue weighted by atomic mass is 10.0. The molecule has 7 heteroatoms. The smallest absolute Gasteiger partial charge is 0.245 e. The molecule has 1 N–H and O–H groups in total. The van der Waals surface area contributed by atoms with E-state index in [4.69, 9.17) is 0 Å². The molecule has 3 aromatic rings. The molecular weight excluding hydrogens is 345 g/mol. The first-order valence-electron chi connectivity index (χ1n) is 8.96. The molecule has 1 aromatic carbocycles. The van der Waals surface area contributed by atoms with Crippen LogP contribution in [-0.4, -0.2) is 25.2 Å². The standard InChI is InChI=1S/C20H24FN5O/c1-5-17(26-14(3)12-13(2)24-26)20(27)23-18(19-22-10-11-25(19)4)15-6-8-16(21)9-7-15/h6-12,17-18H,5H2,1-4H3,(H,23,27)/t17-,18-/m0/s1. The number of amides is 1. The second-order valence-electron chi connectivity index (χ2n) is 6.69. The monoisotopic (exact) mass is 369 g/mol. The van der Waals surface area contributed by atoms with Crippen molar-refractivity contribution < 1.29 is 9.18 Å². The fourth-order valence-corrected chi connectivity index (χ4v) is 3.28. The number of benzene rings is 1. The highest BCUT2D eigenvalue weighted by Gasteiger charge is 2.27. The van der Waals surface area contributed by atoms with Crippen LogP contribution in [0.25, 0.3) is 0 Å². The Hall–Kier alpha value is -2.96. The molecule has 0 aliphatic rings. The number of hydrogen-bond donors (Lipinski definition) is 1. The molecule has 0 bridgehead atoms. The summed E-state index contributed by atoms with van der Waals surface area (Å²) in [5, 5.41) is 7.54. The first kappa shape index (κ1) is 18.8. The summed E-state index contributed by atoms with van der Waals surface area (Å²) in [5.41, 5.74) is 2.57. The van der Waals surface area contributed by atoms with E-state index in [1.165, 1.54) is 12.1 Å². The van der Waals surface area contributed by atoms with Crippen molar-refractivity contribution in [3.63, 3.8) is 0 Å². The largest absolute Gasteiger partial charge is 0.340 e. The summed E-state index contributed by atoms with van der Waals surface area (Å²) < 4.78 is 17.0. The number of aryl methyl sites for hydroxylation is 3. The fraction of sp³-hybridized carbons (Fsp3) is 0.350. The lowest BCUT2D eigenvalue weighted by Crippen LogP contribution is -2.37. The Balaban J connectivity index is 1.93. The van der Waals surface area contributed by atoms with Gasteiger partial charge in [0.25, 0.3) is 0 Å². The molecule has 6 nitrogen and oxygen atoms in total. The number of halogens is 1. The molecule has 27 heavy (non-hydrogen) atoms. The van der Waals surface area contributed by atoms with Crippen LogP contribution in [0.5, 0.6) is 0 Å². The molecule has 0 saturated heterocycles. The van der Waals surface area contributed by atoms with Crippen molar-refractivity contribution in [1.82, 2.24) is 24.6 Å². The minimum atomic E-state index is -0.482. The van der Waals surface area contributed by atoms with Gasteiger partial charge in [-0.05, 0) is 44.0 Å². The molecule has 0 unspecified atom stereocenters. The Morgan fingerprint density at radius 1 is 1.26 bits per heavy atom. The third kappa shape index (κ3) is 3.92. The molecule has 3 rings (SSSR count). The zero-order valence-electron chi connectivity index (χ0n) is 16.0. The second kappa shape index (κ2) is 7.73. The average Bonchev–Trinajstić information content (AvgIpc) is 3.19. The van der Waals surface area contributed by atoms with Gasteiger partial charge in [0, 0.05) is 25.1 Å². The van der Waals surface area contributed by atoms with Crippen LogP contribution in [0.15, 0.2) is 42.7 Å². The minimum Gasteiger partial charge on any atom is -0.340 e. The third-order valence-corrected chi connectivity index (χ3v) is 4.64. The Kier molecular flexibility index (Phi) is 5.39. The van der Waals surface area contributed by atoms with E-state index >= 15 is 0 Å². The van der Waals surface area contributed by atoms with Gasteiger partial charge in [-0.1, -0.05) is 19.1 Å². The highest BCUT2D eigenvalue weighted by molar-refractivity contribution is 5.81. The first-order valence-corrected chi connectivity index (χ1v) is 8.96. The summed E-state index contributed by atoms with van der Waals surface area (Å²) in [6, 6.07) is 7.14. The maximum atomic E-state index is 13.4. The van der Waals surface area contributed by atoms with Crippen LogP contribution in [0, 0.1) is 19.7 Å². The highest BCUT2D eigenvalue weighted by atomic mass is 19.1. The van der Waals surface area contributed by atoms with E-state index < -0.39 is 12.1 Å². The average molecular weight is 369 g/mol. The fourth-order valence-electron chi connectivity index (χ4n) is 3.28. The maximum absolute atomic E-state index is 13.4. The molecule has 2 aromatic heterocycles. The zero-order valence-corrected chi connectivity index (χ0v) is 16.0. The van der Waals surface area contributed by atoms with Crippen LogP contribution in [0.1, 0.15) is 48.2 Å². The Labute approximate surface area is 158 Å².